The molecule has 0 spiro atoms. The fraction of sp³-hybridized carbons (Fsp3) is 0.100. The summed E-state index contributed by atoms with van der Waals surface area (Å²) in [7, 11) is 0. The van der Waals surface area contributed by atoms with Crippen LogP contribution in [0.25, 0.3) is 16.7 Å². The molecule has 4 aromatic rings. The third-order valence-corrected chi connectivity index (χ3v) is 4.20. The third kappa shape index (κ3) is 3.35. The van der Waals surface area contributed by atoms with E-state index in [2.05, 4.69) is 15.4 Å². The number of fused-ring (bicyclic) bond motifs is 1. The number of anilines is 1. The van der Waals surface area contributed by atoms with Crippen molar-refractivity contribution in [2.24, 2.45) is 0 Å². The minimum Gasteiger partial charge on any atom is -0.325 e. The van der Waals surface area contributed by atoms with Crippen molar-refractivity contribution in [2.75, 3.05) is 5.32 Å². The summed E-state index contributed by atoms with van der Waals surface area (Å²) in [4.78, 5) is 29.3. The SMILES string of the molecule is Cc1ccc(NC(=O)Cn2cnc3c(cnn3-c3ccccc3)c2=O)cc1. The second-order valence-corrected chi connectivity index (χ2v) is 6.22. The Balaban J connectivity index is 1.60. The molecule has 1 amide bonds. The summed E-state index contributed by atoms with van der Waals surface area (Å²) in [5, 5.41) is 7.40. The second-order valence-electron chi connectivity index (χ2n) is 6.22. The standard InChI is InChI=1S/C20H17N5O2/c1-14-7-9-15(10-8-14)23-18(26)12-24-13-21-19-17(20(24)27)11-22-25(19)16-5-3-2-4-6-16/h2-11,13H,12H2,1H3,(H,23,26). The lowest BCUT2D eigenvalue weighted by molar-refractivity contribution is -0.116. The minimum absolute atomic E-state index is 0.119. The molecular formula is C20H17N5O2. The van der Waals surface area contributed by atoms with Crippen LogP contribution in [-0.4, -0.2) is 25.2 Å². The predicted molar refractivity (Wildman–Crippen MR) is 103 cm³/mol. The minimum atomic E-state index is -0.304. The molecular weight excluding hydrogens is 342 g/mol. The lowest BCUT2D eigenvalue weighted by Gasteiger charge is -2.08. The number of aryl methyl sites for hydroxylation is 1. The monoisotopic (exact) mass is 359 g/mol. The first-order chi connectivity index (χ1) is 13.1. The lowest BCUT2D eigenvalue weighted by Crippen LogP contribution is -2.27. The Kier molecular flexibility index (Phi) is 4.25. The zero-order valence-corrected chi connectivity index (χ0v) is 14.7. The van der Waals surface area contributed by atoms with E-state index >= 15 is 0 Å². The highest BCUT2D eigenvalue weighted by molar-refractivity contribution is 5.90. The van der Waals surface area contributed by atoms with E-state index < -0.39 is 0 Å². The fourth-order valence-corrected chi connectivity index (χ4v) is 2.81. The highest BCUT2D eigenvalue weighted by atomic mass is 16.2. The molecule has 0 saturated carbocycles. The lowest BCUT2D eigenvalue weighted by atomic mass is 10.2. The van der Waals surface area contributed by atoms with Gasteiger partial charge in [-0.2, -0.15) is 5.10 Å². The average Bonchev–Trinajstić information content (AvgIpc) is 3.11. The van der Waals surface area contributed by atoms with Crippen molar-refractivity contribution < 1.29 is 4.79 Å². The van der Waals surface area contributed by atoms with Crippen molar-refractivity contribution in [2.45, 2.75) is 13.5 Å². The number of hydrogen-bond acceptors (Lipinski definition) is 4. The van der Waals surface area contributed by atoms with Crippen molar-refractivity contribution in [1.82, 2.24) is 19.3 Å². The quantitative estimate of drug-likeness (QED) is 0.607. The smallest absolute Gasteiger partial charge is 0.264 e. The number of aromatic nitrogens is 4. The van der Waals surface area contributed by atoms with Gasteiger partial charge in [-0.3, -0.25) is 14.2 Å². The van der Waals surface area contributed by atoms with Gasteiger partial charge in [0.25, 0.3) is 5.56 Å². The highest BCUT2D eigenvalue weighted by Gasteiger charge is 2.13. The fourth-order valence-electron chi connectivity index (χ4n) is 2.81. The molecule has 7 nitrogen and oxygen atoms in total. The number of nitrogens with zero attached hydrogens (tertiary/aromatic N) is 4. The first kappa shape index (κ1) is 16.7. The van der Waals surface area contributed by atoms with E-state index in [1.54, 1.807) is 4.68 Å². The predicted octanol–water partition coefficient (Wildman–Crippen LogP) is 2.53. The Labute approximate surface area is 154 Å². The maximum atomic E-state index is 12.7. The summed E-state index contributed by atoms with van der Waals surface area (Å²) in [5.41, 5.74) is 2.76. The molecule has 2 aromatic carbocycles. The summed E-state index contributed by atoms with van der Waals surface area (Å²) in [5.74, 6) is -0.294. The summed E-state index contributed by atoms with van der Waals surface area (Å²) < 4.78 is 2.89. The summed E-state index contributed by atoms with van der Waals surface area (Å²) in [6.45, 7) is 1.85. The van der Waals surface area contributed by atoms with Crippen LogP contribution in [0.5, 0.6) is 0 Å². The van der Waals surface area contributed by atoms with Crippen molar-refractivity contribution in [1.29, 1.82) is 0 Å². The number of carbonyl (C=O) groups is 1. The molecule has 4 rings (SSSR count). The first-order valence-corrected chi connectivity index (χ1v) is 8.47. The number of nitrogens with one attached hydrogen (secondary N) is 1. The van der Waals surface area contributed by atoms with Crippen LogP contribution in [0.1, 0.15) is 5.56 Å². The molecule has 0 aliphatic heterocycles. The van der Waals surface area contributed by atoms with Crippen LogP contribution in [0.15, 0.2) is 71.9 Å². The molecule has 0 aliphatic rings. The molecule has 0 bridgehead atoms. The van der Waals surface area contributed by atoms with E-state index in [9.17, 15) is 9.59 Å². The van der Waals surface area contributed by atoms with Crippen molar-refractivity contribution >= 4 is 22.6 Å². The number of benzene rings is 2. The maximum absolute atomic E-state index is 12.7. The second kappa shape index (κ2) is 6.87. The van der Waals surface area contributed by atoms with Gasteiger partial charge in [-0.15, -0.1) is 0 Å². The molecule has 2 aromatic heterocycles. The molecule has 0 unspecified atom stereocenters. The Morgan fingerprint density at radius 1 is 1.07 bits per heavy atom. The van der Waals surface area contributed by atoms with Gasteiger partial charge in [-0.05, 0) is 31.2 Å². The molecule has 0 aliphatic carbocycles. The van der Waals surface area contributed by atoms with Crippen molar-refractivity contribution in [3.63, 3.8) is 0 Å². The molecule has 7 heteroatoms. The molecule has 0 atom stereocenters. The van der Waals surface area contributed by atoms with E-state index in [1.807, 2.05) is 61.5 Å². The van der Waals surface area contributed by atoms with Crippen LogP contribution in [0.4, 0.5) is 5.69 Å². The van der Waals surface area contributed by atoms with Crippen LogP contribution >= 0.6 is 0 Å². The number of carbonyl (C=O) groups excluding carboxylic acids is 1. The van der Waals surface area contributed by atoms with Crippen molar-refractivity contribution in [3.05, 3.63) is 83.0 Å². The number of amides is 1. The largest absolute Gasteiger partial charge is 0.325 e. The third-order valence-electron chi connectivity index (χ3n) is 4.20. The summed E-state index contributed by atoms with van der Waals surface area (Å²) in [6, 6.07) is 16.9. The maximum Gasteiger partial charge on any atom is 0.264 e. The van der Waals surface area contributed by atoms with Gasteiger partial charge in [0.05, 0.1) is 11.9 Å². The zero-order chi connectivity index (χ0) is 18.8. The molecule has 0 radical (unpaired) electrons. The van der Waals surface area contributed by atoms with Crippen LogP contribution in [0.2, 0.25) is 0 Å². The summed E-state index contributed by atoms with van der Waals surface area (Å²) >= 11 is 0. The first-order valence-electron chi connectivity index (χ1n) is 8.47. The van der Waals surface area contributed by atoms with Crippen LogP contribution in [0.3, 0.4) is 0 Å². The van der Waals surface area contributed by atoms with E-state index in [0.717, 1.165) is 11.3 Å². The van der Waals surface area contributed by atoms with Gasteiger partial charge >= 0.3 is 0 Å². The Bertz CT molecular complexity index is 1160. The van der Waals surface area contributed by atoms with Gasteiger partial charge in [-0.25, -0.2) is 9.67 Å². The average molecular weight is 359 g/mol. The number of hydrogen-bond donors (Lipinski definition) is 1. The molecule has 27 heavy (non-hydrogen) atoms. The highest BCUT2D eigenvalue weighted by Crippen LogP contribution is 2.13. The molecule has 134 valence electrons. The zero-order valence-electron chi connectivity index (χ0n) is 14.7. The Hall–Kier alpha value is -3.74. The number of rotatable bonds is 4. The van der Waals surface area contributed by atoms with Crippen LogP contribution in [-0.2, 0) is 11.3 Å². The van der Waals surface area contributed by atoms with Gasteiger partial charge in [-0.1, -0.05) is 35.9 Å². The van der Waals surface area contributed by atoms with Gasteiger partial charge in [0.1, 0.15) is 18.3 Å². The van der Waals surface area contributed by atoms with Crippen LogP contribution in [0, 0.1) is 6.92 Å². The molecule has 1 N–H and O–H groups in total. The van der Waals surface area contributed by atoms with E-state index in [-0.39, 0.29) is 18.0 Å². The van der Waals surface area contributed by atoms with Gasteiger partial charge in [0.15, 0.2) is 5.65 Å². The van der Waals surface area contributed by atoms with Crippen LogP contribution < -0.4 is 10.9 Å². The molecule has 0 fully saturated rings. The van der Waals surface area contributed by atoms with E-state index in [4.69, 9.17) is 0 Å². The van der Waals surface area contributed by atoms with Gasteiger partial charge in [0.2, 0.25) is 5.91 Å². The molecule has 2 heterocycles. The number of para-hydroxylation sites is 1. The van der Waals surface area contributed by atoms with E-state index in [1.165, 1.54) is 17.1 Å². The molecule has 0 saturated heterocycles. The van der Waals surface area contributed by atoms with Gasteiger partial charge in [0, 0.05) is 5.69 Å². The topological polar surface area (TPSA) is 81.8 Å². The summed E-state index contributed by atoms with van der Waals surface area (Å²) in [6.07, 6.45) is 2.85. The van der Waals surface area contributed by atoms with Gasteiger partial charge < -0.3 is 5.32 Å². The normalized spacial score (nSPS) is 10.9. The Morgan fingerprint density at radius 2 is 1.81 bits per heavy atom. The Morgan fingerprint density at radius 3 is 2.56 bits per heavy atom. The van der Waals surface area contributed by atoms with Crippen molar-refractivity contribution in [3.8, 4) is 5.69 Å². The van der Waals surface area contributed by atoms with E-state index in [0.29, 0.717) is 16.7 Å².